The number of carbonyl (C=O) groups is 1. The van der Waals surface area contributed by atoms with Gasteiger partial charge in [0.1, 0.15) is 0 Å². The molecule has 2 N–H and O–H groups in total. The molecule has 0 unspecified atom stereocenters. The topological polar surface area (TPSA) is 67.2 Å². The van der Waals surface area contributed by atoms with Gasteiger partial charge in [0.05, 0.1) is 6.20 Å². The first-order chi connectivity index (χ1) is 8.79. The van der Waals surface area contributed by atoms with E-state index in [1.807, 2.05) is 24.3 Å². The maximum atomic E-state index is 11.7. The highest BCUT2D eigenvalue weighted by Crippen LogP contribution is 2.12. The van der Waals surface area contributed by atoms with Gasteiger partial charge in [-0.25, -0.2) is 0 Å². The van der Waals surface area contributed by atoms with Crippen LogP contribution in [-0.4, -0.2) is 17.6 Å². The van der Waals surface area contributed by atoms with Crippen LogP contribution in [0.15, 0.2) is 41.1 Å². The quantitative estimate of drug-likeness (QED) is 0.845. The van der Waals surface area contributed by atoms with Crippen LogP contribution in [0.25, 0.3) is 0 Å². The molecule has 0 saturated carbocycles. The molecule has 1 aromatic carbocycles. The molecular formula is C13H15N3O2. The zero-order valence-electron chi connectivity index (χ0n) is 10.1. The zero-order chi connectivity index (χ0) is 12.8. The molecule has 0 aliphatic heterocycles. The predicted octanol–water partition coefficient (Wildman–Crippen LogP) is 2.04. The van der Waals surface area contributed by atoms with E-state index in [1.54, 1.807) is 0 Å². The molecule has 18 heavy (non-hydrogen) atoms. The summed E-state index contributed by atoms with van der Waals surface area (Å²) in [4.78, 5) is 11.7. The Morgan fingerprint density at radius 2 is 2.28 bits per heavy atom. The number of benzene rings is 1. The molecule has 0 radical (unpaired) electrons. The second-order valence-corrected chi connectivity index (χ2v) is 3.81. The predicted molar refractivity (Wildman–Crippen MR) is 68.3 cm³/mol. The summed E-state index contributed by atoms with van der Waals surface area (Å²) in [7, 11) is 0. The van der Waals surface area contributed by atoms with Crippen LogP contribution >= 0.6 is 0 Å². The number of hydrogen-bond acceptors (Lipinski definition) is 4. The number of amides is 1. The summed E-state index contributed by atoms with van der Waals surface area (Å²) < 4.78 is 4.79. The van der Waals surface area contributed by atoms with Crippen molar-refractivity contribution in [2.45, 2.75) is 13.5 Å². The van der Waals surface area contributed by atoms with E-state index >= 15 is 0 Å². The highest BCUT2D eigenvalue weighted by molar-refractivity contribution is 6.02. The van der Waals surface area contributed by atoms with Crippen LogP contribution in [0, 0.1) is 0 Å². The lowest BCUT2D eigenvalue weighted by Crippen LogP contribution is -2.13. The summed E-state index contributed by atoms with van der Waals surface area (Å²) >= 11 is 0. The van der Waals surface area contributed by atoms with Crippen molar-refractivity contribution in [3.05, 3.63) is 47.9 Å². The second-order valence-electron chi connectivity index (χ2n) is 3.81. The normalized spacial score (nSPS) is 10.3. The third-order valence-corrected chi connectivity index (χ3v) is 2.43. The van der Waals surface area contributed by atoms with Crippen molar-refractivity contribution in [3.63, 3.8) is 0 Å². The molecule has 94 valence electrons. The molecule has 0 fully saturated rings. The third kappa shape index (κ3) is 3.18. The fraction of sp³-hybridized carbons (Fsp3) is 0.231. The molecule has 2 rings (SSSR count). The minimum atomic E-state index is -0.298. The standard InChI is InChI=1S/C13H15N3O2/c1-2-14-9-10-4-3-5-11(8-10)16-13(17)12-6-7-15-18-12/h3-8,14H,2,9H2,1H3,(H,16,17). The number of aromatic nitrogens is 1. The molecule has 2 aromatic rings. The van der Waals surface area contributed by atoms with Gasteiger partial charge in [-0.15, -0.1) is 0 Å². The molecular weight excluding hydrogens is 230 g/mol. The second kappa shape index (κ2) is 5.97. The van der Waals surface area contributed by atoms with Gasteiger partial charge >= 0.3 is 0 Å². The summed E-state index contributed by atoms with van der Waals surface area (Å²) in [5.74, 6) is -0.0970. The van der Waals surface area contributed by atoms with Crippen LogP contribution in [0.5, 0.6) is 0 Å². The van der Waals surface area contributed by atoms with Gasteiger partial charge in [-0.1, -0.05) is 24.2 Å². The van der Waals surface area contributed by atoms with Crippen molar-refractivity contribution < 1.29 is 9.32 Å². The Bertz CT molecular complexity index is 509. The summed E-state index contributed by atoms with van der Waals surface area (Å²) in [6, 6.07) is 9.20. The van der Waals surface area contributed by atoms with Gasteiger partial charge in [0, 0.05) is 18.3 Å². The van der Waals surface area contributed by atoms with Crippen LogP contribution in [-0.2, 0) is 6.54 Å². The van der Waals surface area contributed by atoms with Crippen molar-refractivity contribution >= 4 is 11.6 Å². The molecule has 5 heteroatoms. The average molecular weight is 245 g/mol. The lowest BCUT2D eigenvalue weighted by Gasteiger charge is -2.06. The van der Waals surface area contributed by atoms with Crippen molar-refractivity contribution in [1.29, 1.82) is 0 Å². The Kier molecular flexibility index (Phi) is 4.09. The van der Waals surface area contributed by atoms with E-state index in [-0.39, 0.29) is 11.7 Å². The van der Waals surface area contributed by atoms with E-state index in [4.69, 9.17) is 4.52 Å². The monoisotopic (exact) mass is 245 g/mol. The maximum absolute atomic E-state index is 11.7. The van der Waals surface area contributed by atoms with Gasteiger partial charge in [-0.2, -0.15) is 0 Å². The zero-order valence-corrected chi connectivity index (χ0v) is 10.1. The first-order valence-corrected chi connectivity index (χ1v) is 5.81. The van der Waals surface area contributed by atoms with Gasteiger partial charge in [0.2, 0.25) is 5.76 Å². The molecule has 0 bridgehead atoms. The summed E-state index contributed by atoms with van der Waals surface area (Å²) in [6.45, 7) is 3.74. The number of rotatable bonds is 5. The highest BCUT2D eigenvalue weighted by Gasteiger charge is 2.09. The summed E-state index contributed by atoms with van der Waals surface area (Å²) in [5.41, 5.74) is 1.86. The number of nitrogens with zero attached hydrogens (tertiary/aromatic N) is 1. The minimum Gasteiger partial charge on any atom is -0.351 e. The van der Waals surface area contributed by atoms with Gasteiger partial charge in [-0.05, 0) is 24.2 Å². The van der Waals surface area contributed by atoms with E-state index in [0.29, 0.717) is 0 Å². The highest BCUT2D eigenvalue weighted by atomic mass is 16.5. The number of nitrogens with one attached hydrogen (secondary N) is 2. The minimum absolute atomic E-state index is 0.201. The third-order valence-electron chi connectivity index (χ3n) is 2.43. The van der Waals surface area contributed by atoms with Crippen LogP contribution < -0.4 is 10.6 Å². The SMILES string of the molecule is CCNCc1cccc(NC(=O)c2ccno2)c1. The van der Waals surface area contributed by atoms with Crippen LogP contribution in [0.4, 0.5) is 5.69 Å². The van der Waals surface area contributed by atoms with Crippen LogP contribution in [0.3, 0.4) is 0 Å². The molecule has 0 spiro atoms. The average Bonchev–Trinajstić information content (AvgIpc) is 2.91. The Morgan fingerprint density at radius 1 is 1.39 bits per heavy atom. The van der Waals surface area contributed by atoms with Crippen molar-refractivity contribution in [1.82, 2.24) is 10.5 Å². The lowest BCUT2D eigenvalue weighted by atomic mass is 10.2. The fourth-order valence-electron chi connectivity index (χ4n) is 1.55. The summed E-state index contributed by atoms with van der Waals surface area (Å²) in [6.07, 6.45) is 1.44. The molecule has 1 heterocycles. The van der Waals surface area contributed by atoms with E-state index in [0.717, 1.165) is 24.3 Å². The molecule has 5 nitrogen and oxygen atoms in total. The molecule has 0 aliphatic carbocycles. The number of carbonyl (C=O) groups excluding carboxylic acids is 1. The van der Waals surface area contributed by atoms with Crippen molar-refractivity contribution in [2.24, 2.45) is 0 Å². The first-order valence-electron chi connectivity index (χ1n) is 5.81. The van der Waals surface area contributed by atoms with Crippen molar-refractivity contribution in [3.8, 4) is 0 Å². The lowest BCUT2D eigenvalue weighted by molar-refractivity contribution is 0.0988. The molecule has 1 amide bonds. The Morgan fingerprint density at radius 3 is 3.00 bits per heavy atom. The van der Waals surface area contributed by atoms with E-state index in [9.17, 15) is 4.79 Å². The summed E-state index contributed by atoms with van der Waals surface area (Å²) in [5, 5.41) is 9.49. The smallest absolute Gasteiger partial charge is 0.294 e. The van der Waals surface area contributed by atoms with E-state index in [2.05, 4.69) is 22.7 Å². The molecule has 0 atom stereocenters. The molecule has 0 aliphatic rings. The number of hydrogen-bond donors (Lipinski definition) is 2. The van der Waals surface area contributed by atoms with Gasteiger partial charge in [0.15, 0.2) is 0 Å². The van der Waals surface area contributed by atoms with Crippen LogP contribution in [0.2, 0.25) is 0 Å². The van der Waals surface area contributed by atoms with Gasteiger partial charge in [-0.3, -0.25) is 4.79 Å². The van der Waals surface area contributed by atoms with E-state index in [1.165, 1.54) is 12.3 Å². The Labute approximate surface area is 105 Å². The van der Waals surface area contributed by atoms with E-state index < -0.39 is 0 Å². The Hall–Kier alpha value is -2.14. The molecule has 1 aromatic heterocycles. The van der Waals surface area contributed by atoms with Crippen LogP contribution in [0.1, 0.15) is 23.0 Å². The number of anilines is 1. The fourth-order valence-corrected chi connectivity index (χ4v) is 1.55. The maximum Gasteiger partial charge on any atom is 0.294 e. The Balaban J connectivity index is 2.03. The largest absolute Gasteiger partial charge is 0.351 e. The van der Waals surface area contributed by atoms with Gasteiger partial charge < -0.3 is 15.2 Å². The van der Waals surface area contributed by atoms with Gasteiger partial charge in [0.25, 0.3) is 5.91 Å². The first kappa shape index (κ1) is 12.3. The molecule has 0 saturated heterocycles. The van der Waals surface area contributed by atoms with Crippen molar-refractivity contribution in [2.75, 3.05) is 11.9 Å².